The minimum absolute atomic E-state index is 0.201. The van der Waals surface area contributed by atoms with Crippen LogP contribution in [-0.4, -0.2) is 57.5 Å². The van der Waals surface area contributed by atoms with Gasteiger partial charge in [0.1, 0.15) is 9.79 Å². The van der Waals surface area contributed by atoms with Crippen molar-refractivity contribution >= 4 is 59.0 Å². The van der Waals surface area contributed by atoms with Crippen LogP contribution in [0.5, 0.6) is 0 Å². The van der Waals surface area contributed by atoms with E-state index in [0.717, 1.165) is 24.3 Å². The van der Waals surface area contributed by atoms with E-state index >= 15 is 0 Å². The number of carbonyl (C=O) groups excluding carboxylic acids is 2. The lowest BCUT2D eigenvalue weighted by atomic mass is 9.82. The molecule has 0 aliphatic heterocycles. The van der Waals surface area contributed by atoms with Crippen molar-refractivity contribution in [1.82, 2.24) is 5.32 Å². The zero-order valence-corrected chi connectivity index (χ0v) is 22.1. The highest BCUT2D eigenvalue weighted by molar-refractivity contribution is 7.86. The summed E-state index contributed by atoms with van der Waals surface area (Å²) in [7, 11) is -13.2. The van der Waals surface area contributed by atoms with Crippen molar-refractivity contribution in [3.8, 4) is 0 Å². The van der Waals surface area contributed by atoms with Gasteiger partial charge in [0.2, 0.25) is 0 Å². The first-order valence-electron chi connectivity index (χ1n) is 10.6. The van der Waals surface area contributed by atoms with Crippen LogP contribution in [0, 0.1) is 0 Å². The summed E-state index contributed by atoms with van der Waals surface area (Å²) in [6.45, 7) is 0.201. The maximum Gasteiger partial charge on any atom is 0.296 e. The molecule has 17 heteroatoms. The van der Waals surface area contributed by atoms with Crippen molar-refractivity contribution in [2.24, 2.45) is 0 Å². The first-order chi connectivity index (χ1) is 17.9. The fourth-order valence-electron chi connectivity index (χ4n) is 4.14. The molecule has 0 radical (unpaired) electrons. The van der Waals surface area contributed by atoms with Crippen LogP contribution in [0.15, 0.2) is 57.2 Å². The predicted octanol–water partition coefficient (Wildman–Crippen LogP) is 1.25. The highest BCUT2D eigenvalue weighted by atomic mass is 32.2. The lowest BCUT2D eigenvalue weighted by Gasteiger charge is -2.24. The van der Waals surface area contributed by atoms with Gasteiger partial charge in [0.25, 0.3) is 30.4 Å². The molecule has 0 amide bonds. The van der Waals surface area contributed by atoms with E-state index in [-0.39, 0.29) is 17.8 Å². The van der Waals surface area contributed by atoms with Crippen LogP contribution >= 0.6 is 0 Å². The summed E-state index contributed by atoms with van der Waals surface area (Å²) in [6.07, 6.45) is 0. The Bertz CT molecular complexity index is 1920. The Hall–Kier alpha value is -3.71. The Labute approximate surface area is 222 Å². The summed E-state index contributed by atoms with van der Waals surface area (Å²) in [6, 6.07) is 6.93. The maximum absolute atomic E-state index is 13.6. The Morgan fingerprint density at radius 1 is 0.718 bits per heavy atom. The van der Waals surface area contributed by atoms with E-state index in [9.17, 15) is 48.5 Å². The molecule has 39 heavy (non-hydrogen) atoms. The molecule has 3 aromatic rings. The van der Waals surface area contributed by atoms with Crippen molar-refractivity contribution in [2.45, 2.75) is 21.2 Å². The number of benzene rings is 3. The van der Waals surface area contributed by atoms with Crippen molar-refractivity contribution in [3.05, 3.63) is 70.3 Å². The van der Waals surface area contributed by atoms with Gasteiger partial charge in [-0.2, -0.15) is 25.3 Å². The summed E-state index contributed by atoms with van der Waals surface area (Å²) in [5, 5.41) is 5.30. The topological polar surface area (TPSA) is 247 Å². The second kappa shape index (κ2) is 9.49. The van der Waals surface area contributed by atoms with Crippen LogP contribution in [-0.2, 0) is 36.9 Å². The van der Waals surface area contributed by atoms with Crippen LogP contribution in [0.25, 0.3) is 0 Å². The number of carbonyl (C=O) groups is 2. The Kier molecular flexibility index (Phi) is 6.88. The SMILES string of the molecule is CNCc1ccc(Nc2cc(S(=O)(=O)O)c(N)c3c2C(=O)c2cc(S(=O)(=O)O)ccc2C3=O)c(S(=O)(=O)O)c1. The third kappa shape index (κ3) is 5.15. The number of hydrogen-bond acceptors (Lipinski definition) is 11. The summed E-state index contributed by atoms with van der Waals surface area (Å²) in [5.74, 6) is -2.06. The van der Waals surface area contributed by atoms with Crippen molar-refractivity contribution in [1.29, 1.82) is 0 Å². The van der Waals surface area contributed by atoms with E-state index in [1.165, 1.54) is 12.1 Å². The molecule has 0 fully saturated rings. The lowest BCUT2D eigenvalue weighted by molar-refractivity contribution is 0.0980. The number of anilines is 3. The van der Waals surface area contributed by atoms with Gasteiger partial charge in [0.15, 0.2) is 11.6 Å². The number of ketones is 2. The molecule has 0 atom stereocenters. The van der Waals surface area contributed by atoms with Crippen LogP contribution < -0.4 is 16.4 Å². The fourth-order valence-corrected chi connectivity index (χ4v) is 5.99. The molecule has 1 aliphatic carbocycles. The van der Waals surface area contributed by atoms with Gasteiger partial charge in [0.05, 0.1) is 33.1 Å². The summed E-state index contributed by atoms with van der Waals surface area (Å²) in [4.78, 5) is 24.6. The molecule has 0 aromatic heterocycles. The van der Waals surface area contributed by atoms with E-state index in [1.54, 1.807) is 7.05 Å². The molecule has 0 heterocycles. The summed E-state index contributed by atoms with van der Waals surface area (Å²) in [5.41, 5.74) is 2.57. The van der Waals surface area contributed by atoms with E-state index in [1.807, 2.05) is 0 Å². The van der Waals surface area contributed by atoms with Gasteiger partial charge in [-0.25, -0.2) is 0 Å². The molecule has 206 valence electrons. The van der Waals surface area contributed by atoms with Gasteiger partial charge in [-0.05, 0) is 49.0 Å². The highest BCUT2D eigenvalue weighted by Gasteiger charge is 2.37. The lowest BCUT2D eigenvalue weighted by Crippen LogP contribution is -2.25. The van der Waals surface area contributed by atoms with E-state index < -0.39 is 84.7 Å². The summed E-state index contributed by atoms with van der Waals surface area (Å²) >= 11 is 0. The average Bonchev–Trinajstić information content (AvgIpc) is 2.82. The molecule has 7 N–H and O–H groups in total. The van der Waals surface area contributed by atoms with E-state index in [4.69, 9.17) is 5.73 Å². The number of nitrogen functional groups attached to an aromatic ring is 1. The first-order valence-corrected chi connectivity index (χ1v) is 14.9. The quantitative estimate of drug-likeness (QED) is 0.130. The van der Waals surface area contributed by atoms with Gasteiger partial charge in [-0.3, -0.25) is 23.2 Å². The van der Waals surface area contributed by atoms with Crippen molar-refractivity contribution in [3.63, 3.8) is 0 Å². The molecule has 14 nitrogen and oxygen atoms in total. The summed E-state index contributed by atoms with van der Waals surface area (Å²) < 4.78 is 101. The zero-order valence-electron chi connectivity index (χ0n) is 19.7. The predicted molar refractivity (Wildman–Crippen MR) is 136 cm³/mol. The molecule has 3 aromatic carbocycles. The molecule has 0 unspecified atom stereocenters. The molecule has 0 spiro atoms. The highest BCUT2D eigenvalue weighted by Crippen LogP contribution is 2.41. The van der Waals surface area contributed by atoms with Crippen molar-refractivity contribution in [2.75, 3.05) is 18.1 Å². The number of rotatable bonds is 7. The largest absolute Gasteiger partial charge is 0.397 e. The first kappa shape index (κ1) is 28.3. The molecular formula is C22H19N3O11S3. The van der Waals surface area contributed by atoms with Crippen LogP contribution in [0.3, 0.4) is 0 Å². The Morgan fingerprint density at radius 2 is 1.33 bits per heavy atom. The zero-order chi connectivity index (χ0) is 29.1. The minimum atomic E-state index is -5.10. The van der Waals surface area contributed by atoms with Crippen LogP contribution in [0.1, 0.15) is 37.4 Å². The minimum Gasteiger partial charge on any atom is -0.397 e. The average molecular weight is 598 g/mol. The standard InChI is InChI=1S/C22H19N3O11S3/c1-24-9-10-2-5-14(16(6-10)38(31,32)33)25-15-8-17(39(34,35)36)20(23)19-18(15)22(27)13-7-11(37(28,29)30)3-4-12(13)21(19)26/h2-8,24-25H,9,23H2,1H3,(H,28,29,30)(H,31,32,33)(H,34,35,36). The second-order valence-corrected chi connectivity index (χ2v) is 12.6. The molecule has 4 rings (SSSR count). The number of fused-ring (bicyclic) bond motifs is 2. The monoisotopic (exact) mass is 597 g/mol. The van der Waals surface area contributed by atoms with E-state index in [0.29, 0.717) is 11.6 Å². The molecule has 1 aliphatic rings. The van der Waals surface area contributed by atoms with Gasteiger partial charge in [-0.15, -0.1) is 0 Å². The molecule has 0 saturated heterocycles. The van der Waals surface area contributed by atoms with Gasteiger partial charge >= 0.3 is 0 Å². The van der Waals surface area contributed by atoms with Crippen LogP contribution in [0.4, 0.5) is 17.1 Å². The molecular weight excluding hydrogens is 578 g/mol. The number of nitrogens with one attached hydrogen (secondary N) is 2. The Balaban J connectivity index is 2.04. The normalized spacial score (nSPS) is 13.6. The maximum atomic E-state index is 13.6. The molecule has 0 saturated carbocycles. The smallest absolute Gasteiger partial charge is 0.296 e. The van der Waals surface area contributed by atoms with Crippen molar-refractivity contribution < 1.29 is 48.5 Å². The van der Waals surface area contributed by atoms with E-state index in [2.05, 4.69) is 10.6 Å². The second-order valence-electron chi connectivity index (χ2n) is 8.36. The third-order valence-electron chi connectivity index (χ3n) is 5.81. The van der Waals surface area contributed by atoms with Gasteiger partial charge in [0, 0.05) is 17.7 Å². The number of hydrogen-bond donors (Lipinski definition) is 6. The third-order valence-corrected chi connectivity index (χ3v) is 8.45. The Morgan fingerprint density at radius 3 is 1.90 bits per heavy atom. The fraction of sp³-hybridized carbons (Fsp3) is 0.0909. The van der Waals surface area contributed by atoms with Crippen LogP contribution in [0.2, 0.25) is 0 Å². The molecule has 0 bridgehead atoms. The van der Waals surface area contributed by atoms with Gasteiger partial charge in [-0.1, -0.05) is 6.07 Å². The van der Waals surface area contributed by atoms with Gasteiger partial charge < -0.3 is 16.4 Å². The number of nitrogens with two attached hydrogens (primary N) is 1.